The summed E-state index contributed by atoms with van der Waals surface area (Å²) in [6, 6.07) is 10.8. The van der Waals surface area contributed by atoms with E-state index in [1.165, 1.54) is 18.3 Å². The molecule has 0 spiro atoms. The van der Waals surface area contributed by atoms with Gasteiger partial charge in [-0.25, -0.2) is 9.78 Å². The molecule has 2 heterocycles. The zero-order chi connectivity index (χ0) is 16.4. The number of carboxylic acid groups (broad SMARTS) is 1. The van der Waals surface area contributed by atoms with Crippen molar-refractivity contribution in [2.24, 2.45) is 0 Å². The molecule has 0 bridgehead atoms. The summed E-state index contributed by atoms with van der Waals surface area (Å²) < 4.78 is 0. The van der Waals surface area contributed by atoms with Crippen LogP contribution in [0.4, 0.5) is 17.2 Å². The van der Waals surface area contributed by atoms with Gasteiger partial charge in [0.15, 0.2) is 0 Å². The largest absolute Gasteiger partial charge is 0.478 e. The van der Waals surface area contributed by atoms with E-state index in [-0.39, 0.29) is 5.56 Å². The highest BCUT2D eigenvalue weighted by Gasteiger charge is 2.08. The van der Waals surface area contributed by atoms with Crippen LogP contribution in [0.25, 0.3) is 10.9 Å². The first kappa shape index (κ1) is 14.8. The van der Waals surface area contributed by atoms with Gasteiger partial charge in [0.25, 0.3) is 0 Å². The summed E-state index contributed by atoms with van der Waals surface area (Å²) in [6.45, 7) is 0. The van der Waals surface area contributed by atoms with Gasteiger partial charge in [0.1, 0.15) is 5.82 Å². The van der Waals surface area contributed by atoms with Gasteiger partial charge < -0.3 is 15.3 Å². The number of pyridine rings is 2. The van der Waals surface area contributed by atoms with Crippen molar-refractivity contribution in [1.29, 1.82) is 0 Å². The number of hydrogen-bond donors (Lipinski definition) is 2. The molecule has 0 aliphatic carbocycles. The summed E-state index contributed by atoms with van der Waals surface area (Å²) in [6.07, 6.45) is 3.18. The Labute approximate surface area is 133 Å². The highest BCUT2D eigenvalue weighted by molar-refractivity contribution is 5.95. The highest BCUT2D eigenvalue weighted by atomic mass is 16.4. The summed E-state index contributed by atoms with van der Waals surface area (Å²) in [5.41, 5.74) is 2.93. The van der Waals surface area contributed by atoms with Crippen LogP contribution in [0.2, 0.25) is 0 Å². The van der Waals surface area contributed by atoms with E-state index in [9.17, 15) is 4.79 Å². The molecular weight excluding hydrogens is 292 g/mol. The lowest BCUT2D eigenvalue weighted by atomic mass is 10.1. The molecule has 3 aromatic rings. The number of carbonyl (C=O) groups is 1. The molecule has 23 heavy (non-hydrogen) atoms. The van der Waals surface area contributed by atoms with Crippen molar-refractivity contribution in [3.05, 3.63) is 54.4 Å². The number of aromatic nitrogens is 2. The number of hydrogen-bond acceptors (Lipinski definition) is 5. The summed E-state index contributed by atoms with van der Waals surface area (Å²) in [4.78, 5) is 21.6. The molecule has 0 unspecified atom stereocenters. The molecule has 2 aromatic heterocycles. The average Bonchev–Trinajstić information content (AvgIpc) is 2.55. The van der Waals surface area contributed by atoms with Crippen LogP contribution in [0.1, 0.15) is 10.4 Å². The molecule has 0 aliphatic rings. The number of nitrogens with one attached hydrogen (secondary N) is 1. The number of aromatic carboxylic acids is 1. The average molecular weight is 308 g/mol. The number of nitrogens with zero attached hydrogens (tertiary/aromatic N) is 3. The number of carboxylic acids is 1. The van der Waals surface area contributed by atoms with Gasteiger partial charge in [-0.3, -0.25) is 4.98 Å². The van der Waals surface area contributed by atoms with E-state index in [2.05, 4.69) is 15.3 Å². The molecule has 1 aromatic carbocycles. The first-order chi connectivity index (χ1) is 11.0. The molecule has 0 atom stereocenters. The van der Waals surface area contributed by atoms with Crippen LogP contribution in [-0.4, -0.2) is 35.1 Å². The van der Waals surface area contributed by atoms with Crippen LogP contribution in [0.3, 0.4) is 0 Å². The van der Waals surface area contributed by atoms with E-state index in [4.69, 9.17) is 5.11 Å². The van der Waals surface area contributed by atoms with Crippen LogP contribution < -0.4 is 10.2 Å². The van der Waals surface area contributed by atoms with E-state index in [0.717, 1.165) is 22.3 Å². The number of anilines is 3. The molecule has 0 fully saturated rings. The Balaban J connectivity index is 2.04. The molecule has 0 saturated heterocycles. The van der Waals surface area contributed by atoms with Crippen LogP contribution in [-0.2, 0) is 0 Å². The molecule has 3 rings (SSSR count). The Kier molecular flexibility index (Phi) is 3.80. The fourth-order valence-electron chi connectivity index (χ4n) is 2.29. The zero-order valence-electron chi connectivity index (χ0n) is 12.8. The monoisotopic (exact) mass is 308 g/mol. The van der Waals surface area contributed by atoms with Gasteiger partial charge in [0.05, 0.1) is 16.8 Å². The molecule has 2 N–H and O–H groups in total. The predicted octanol–water partition coefficient (Wildman–Crippen LogP) is 3.14. The third-order valence-electron chi connectivity index (χ3n) is 3.51. The minimum absolute atomic E-state index is 0.190. The Morgan fingerprint density at radius 1 is 1.09 bits per heavy atom. The Morgan fingerprint density at radius 2 is 1.87 bits per heavy atom. The van der Waals surface area contributed by atoms with Gasteiger partial charge in [0.2, 0.25) is 0 Å². The van der Waals surface area contributed by atoms with Crippen molar-refractivity contribution in [3.63, 3.8) is 0 Å². The summed E-state index contributed by atoms with van der Waals surface area (Å²) >= 11 is 0. The van der Waals surface area contributed by atoms with Crippen molar-refractivity contribution in [2.75, 3.05) is 24.3 Å². The maximum absolute atomic E-state index is 11.1. The molecule has 0 saturated carbocycles. The van der Waals surface area contributed by atoms with Gasteiger partial charge in [0, 0.05) is 37.6 Å². The molecule has 0 amide bonds. The molecule has 6 nitrogen and oxygen atoms in total. The lowest BCUT2D eigenvalue weighted by molar-refractivity contribution is 0.0697. The van der Waals surface area contributed by atoms with Gasteiger partial charge in [-0.2, -0.15) is 0 Å². The first-order valence-electron chi connectivity index (χ1n) is 7.07. The fourth-order valence-corrected chi connectivity index (χ4v) is 2.29. The minimum Gasteiger partial charge on any atom is -0.478 e. The second-order valence-electron chi connectivity index (χ2n) is 5.31. The Morgan fingerprint density at radius 3 is 2.61 bits per heavy atom. The third-order valence-corrected chi connectivity index (χ3v) is 3.51. The van der Waals surface area contributed by atoms with Crippen molar-refractivity contribution in [3.8, 4) is 0 Å². The van der Waals surface area contributed by atoms with E-state index in [1.807, 2.05) is 43.3 Å². The van der Waals surface area contributed by atoms with E-state index >= 15 is 0 Å². The fraction of sp³-hybridized carbons (Fsp3) is 0.118. The standard InChI is InChI=1S/C17H16N4O2/c1-21(2)12-3-4-14-13(10-12)15(6-8-18-14)20-16-9-11(17(22)23)5-7-19-16/h3-10H,1-2H3,(H,22,23)(H,18,19,20). The SMILES string of the molecule is CN(C)c1ccc2nccc(Nc3cc(C(=O)O)ccn3)c2c1. The lowest BCUT2D eigenvalue weighted by Gasteiger charge is -2.15. The lowest BCUT2D eigenvalue weighted by Crippen LogP contribution is -2.08. The smallest absolute Gasteiger partial charge is 0.335 e. The van der Waals surface area contributed by atoms with Crippen LogP contribution >= 0.6 is 0 Å². The second-order valence-corrected chi connectivity index (χ2v) is 5.31. The quantitative estimate of drug-likeness (QED) is 0.771. The van der Waals surface area contributed by atoms with Crippen molar-refractivity contribution in [1.82, 2.24) is 9.97 Å². The van der Waals surface area contributed by atoms with Crippen molar-refractivity contribution < 1.29 is 9.90 Å². The molecule has 116 valence electrons. The summed E-state index contributed by atoms with van der Waals surface area (Å²) in [7, 11) is 3.95. The van der Waals surface area contributed by atoms with Crippen molar-refractivity contribution >= 4 is 34.1 Å². The Bertz CT molecular complexity index is 877. The summed E-state index contributed by atoms with van der Waals surface area (Å²) in [5, 5.41) is 13.2. The van der Waals surface area contributed by atoms with E-state index < -0.39 is 5.97 Å². The van der Waals surface area contributed by atoms with Crippen LogP contribution in [0.5, 0.6) is 0 Å². The van der Waals surface area contributed by atoms with E-state index in [0.29, 0.717) is 5.82 Å². The first-order valence-corrected chi connectivity index (χ1v) is 7.07. The number of fused-ring (bicyclic) bond motifs is 1. The van der Waals surface area contributed by atoms with Crippen molar-refractivity contribution in [2.45, 2.75) is 0 Å². The maximum atomic E-state index is 11.1. The zero-order valence-corrected chi connectivity index (χ0v) is 12.8. The third kappa shape index (κ3) is 3.06. The van der Waals surface area contributed by atoms with E-state index in [1.54, 1.807) is 6.20 Å². The normalized spacial score (nSPS) is 10.5. The summed E-state index contributed by atoms with van der Waals surface area (Å²) in [5.74, 6) is -0.502. The highest BCUT2D eigenvalue weighted by Crippen LogP contribution is 2.28. The van der Waals surface area contributed by atoms with Gasteiger partial charge in [-0.15, -0.1) is 0 Å². The topological polar surface area (TPSA) is 78.4 Å². The van der Waals surface area contributed by atoms with Crippen LogP contribution in [0.15, 0.2) is 48.8 Å². The molecule has 6 heteroatoms. The number of benzene rings is 1. The number of rotatable bonds is 4. The minimum atomic E-state index is -0.982. The molecular formula is C17H16N4O2. The van der Waals surface area contributed by atoms with Gasteiger partial charge in [-0.1, -0.05) is 0 Å². The van der Waals surface area contributed by atoms with Gasteiger partial charge in [-0.05, 0) is 36.4 Å². The van der Waals surface area contributed by atoms with Gasteiger partial charge >= 0.3 is 5.97 Å². The second kappa shape index (κ2) is 5.92. The van der Waals surface area contributed by atoms with Crippen LogP contribution in [0, 0.1) is 0 Å². The molecule has 0 aliphatic heterocycles. The Hall–Kier alpha value is -3.15. The maximum Gasteiger partial charge on any atom is 0.335 e. The molecule has 0 radical (unpaired) electrons. The predicted molar refractivity (Wildman–Crippen MR) is 90.5 cm³/mol.